The summed E-state index contributed by atoms with van der Waals surface area (Å²) in [5, 5.41) is 244. The minimum atomic E-state index is -2.29. The molecule has 740 valence electrons. The van der Waals surface area contributed by atoms with Gasteiger partial charge in [0.25, 0.3) is 0 Å². The molecule has 0 saturated carbocycles. The first-order valence-electron chi connectivity index (χ1n) is 45.8. The number of rotatable bonds is 36. The molecule has 0 spiro atoms. The van der Waals surface area contributed by atoms with Gasteiger partial charge in [-0.25, -0.2) is 4.68 Å². The van der Waals surface area contributed by atoms with Crippen molar-refractivity contribution in [3.8, 4) is 34.5 Å². The van der Waals surface area contributed by atoms with Crippen LogP contribution in [0.5, 0.6) is 34.5 Å². The quantitative estimate of drug-likeness (QED) is 0.0152. The molecule has 35 atom stereocenters. The third-order valence-corrected chi connectivity index (χ3v) is 25.1. The van der Waals surface area contributed by atoms with Crippen LogP contribution in [0.25, 0.3) is 32.3 Å². The first-order chi connectivity index (χ1) is 63.3. The van der Waals surface area contributed by atoms with Gasteiger partial charge in [-0.1, -0.05) is 104 Å². The molecule has 0 amide bonds. The molecule has 131 heavy (non-hydrogen) atoms. The number of nitrogens with zero attached hydrogens (tertiary/aromatic N) is 3. The van der Waals surface area contributed by atoms with Crippen molar-refractivity contribution in [3.63, 3.8) is 0 Å². The van der Waals surface area contributed by atoms with Crippen molar-refractivity contribution in [1.29, 1.82) is 0 Å². The maximum absolute atomic E-state index is 12.5. The van der Waals surface area contributed by atoms with Crippen molar-refractivity contribution >= 4 is 32.3 Å². The Kier molecular flexibility index (Phi) is 37.6. The number of ether oxygens (including phenoxy) is 20. The van der Waals surface area contributed by atoms with Crippen LogP contribution in [0.2, 0.25) is 0 Å². The first kappa shape index (κ1) is 103. The second-order valence-electron chi connectivity index (χ2n) is 34.5. The standard InChI is InChI=1S/C88H133N3O40/c1-6-11-16-21-112-48-26-42-43-27-49(113-22-17-12-7-2)51(115-24-19-14-9-4)29-45(43)47-31-53(52(116-25-20-15-10-5)30-46(47)44(42)28-50(48)114-23-18-13-8-3)117-40-41-32-91(90-89-41)33-54-75-61(98)68(105)82(118-54)126-76-55(34-92)120-84(70(107)63(76)100)128-78-57(36-94)122-86(72(109)65(78)102)130-80-59(38-96)124-88(74(111)67(80)104)131-81-60(39-97)123-87(73(110)66(81)103)129-79-58(37-95)121-85(71(108)64(79)101)127-77-56(35-93)119-83(125-75)69(106)62(77)99/h26-32,54-88,92-111H,6-25,33-40H2,1-5H3. The molecule has 43 heteroatoms. The minimum absolute atomic E-state index is 0.181. The number of aromatic nitrogens is 3. The topological polar surface area (TPSA) is 620 Å². The summed E-state index contributed by atoms with van der Waals surface area (Å²) >= 11 is 0. The molecule has 0 aliphatic carbocycles. The van der Waals surface area contributed by atoms with Crippen molar-refractivity contribution in [1.82, 2.24) is 15.0 Å². The van der Waals surface area contributed by atoms with Gasteiger partial charge in [0.05, 0.1) is 85.4 Å². The number of aliphatic hydroxyl groups excluding tert-OH is 20. The van der Waals surface area contributed by atoms with Gasteiger partial charge in [0.15, 0.2) is 78.5 Å². The normalized spacial score (nSPS) is 37.4. The van der Waals surface area contributed by atoms with E-state index in [2.05, 4.69) is 44.9 Å². The molecule has 5 aromatic rings. The Morgan fingerprint density at radius 2 is 0.443 bits per heavy atom. The zero-order valence-electron chi connectivity index (χ0n) is 74.0. The fourth-order valence-electron chi connectivity index (χ4n) is 17.6. The van der Waals surface area contributed by atoms with Crippen LogP contribution in [-0.2, 0) is 79.5 Å². The van der Waals surface area contributed by atoms with Crippen LogP contribution in [0, 0.1) is 0 Å². The number of fused-ring (bicyclic) bond motifs is 6. The highest BCUT2D eigenvalue weighted by atomic mass is 16.8. The fraction of sp³-hybridized carbons (Fsp3) is 0.773. The van der Waals surface area contributed by atoms with Crippen LogP contribution in [0.1, 0.15) is 137 Å². The molecule has 21 aliphatic heterocycles. The second-order valence-corrected chi connectivity index (χ2v) is 34.5. The Balaban J connectivity index is 0.831. The molecular formula is C88H133N3O40. The Morgan fingerprint density at radius 1 is 0.252 bits per heavy atom. The lowest BCUT2D eigenvalue weighted by molar-refractivity contribution is -0.396. The highest BCUT2D eigenvalue weighted by molar-refractivity contribution is 6.27. The molecule has 14 bridgehead atoms. The van der Waals surface area contributed by atoms with Gasteiger partial charge in [0, 0.05) is 0 Å². The van der Waals surface area contributed by atoms with Gasteiger partial charge in [0.1, 0.15) is 183 Å². The predicted molar refractivity (Wildman–Crippen MR) is 450 cm³/mol. The maximum atomic E-state index is 12.5. The van der Waals surface area contributed by atoms with E-state index in [9.17, 15) is 102 Å². The van der Waals surface area contributed by atoms with Gasteiger partial charge in [-0.3, -0.25) is 0 Å². The van der Waals surface area contributed by atoms with Gasteiger partial charge < -0.3 is 197 Å². The fourth-order valence-corrected chi connectivity index (χ4v) is 17.6. The Bertz CT molecular complexity index is 4250. The number of hydrogen-bond acceptors (Lipinski definition) is 42. The molecule has 1 aromatic heterocycles. The van der Waals surface area contributed by atoms with E-state index in [1.165, 1.54) is 10.9 Å². The van der Waals surface area contributed by atoms with E-state index in [4.69, 9.17) is 94.7 Å². The first-order valence-corrected chi connectivity index (χ1v) is 45.8. The lowest BCUT2D eigenvalue weighted by Gasteiger charge is -2.50. The third kappa shape index (κ3) is 23.3. The van der Waals surface area contributed by atoms with Crippen LogP contribution < -0.4 is 28.4 Å². The molecule has 4 aromatic carbocycles. The van der Waals surface area contributed by atoms with Gasteiger partial charge in [-0.15, -0.1) is 5.10 Å². The van der Waals surface area contributed by atoms with E-state index >= 15 is 0 Å². The minimum Gasteiger partial charge on any atom is -0.490 e. The van der Waals surface area contributed by atoms with Gasteiger partial charge in [-0.05, 0) is 101 Å². The van der Waals surface area contributed by atoms with Crippen LogP contribution in [0.4, 0.5) is 0 Å². The van der Waals surface area contributed by atoms with Crippen LogP contribution in [-0.4, -0.2) is 405 Å². The summed E-state index contributed by atoms with van der Waals surface area (Å²) in [4.78, 5) is 0. The molecular weight excluding hydrogens is 1740 g/mol. The van der Waals surface area contributed by atoms with E-state index in [1.807, 2.05) is 36.4 Å². The lowest BCUT2D eigenvalue weighted by Crippen LogP contribution is -2.68. The molecule has 21 saturated heterocycles. The van der Waals surface area contributed by atoms with Gasteiger partial charge in [0.2, 0.25) is 0 Å². The zero-order chi connectivity index (χ0) is 93.6. The average Bonchev–Trinajstić information content (AvgIpc) is 1.74. The van der Waals surface area contributed by atoms with E-state index in [-0.39, 0.29) is 12.3 Å². The number of benzene rings is 4. The van der Waals surface area contributed by atoms with Crippen LogP contribution in [0.15, 0.2) is 42.6 Å². The summed E-state index contributed by atoms with van der Waals surface area (Å²) in [5.74, 6) is 3.01. The highest BCUT2D eigenvalue weighted by Gasteiger charge is 2.60. The average molecular weight is 1870 g/mol. The Morgan fingerprint density at radius 3 is 0.641 bits per heavy atom. The summed E-state index contributed by atoms with van der Waals surface area (Å²) in [6, 6.07) is 12.0. The smallest absolute Gasteiger partial charge is 0.187 e. The van der Waals surface area contributed by atoms with Crippen molar-refractivity contribution in [2.45, 2.75) is 359 Å². The predicted octanol–water partition coefficient (Wildman–Crippen LogP) is -2.05. The molecule has 21 fully saturated rings. The van der Waals surface area contributed by atoms with Gasteiger partial charge >= 0.3 is 0 Å². The summed E-state index contributed by atoms with van der Waals surface area (Å²) in [7, 11) is 0. The summed E-state index contributed by atoms with van der Waals surface area (Å²) in [6.07, 6.45) is -57.1. The maximum Gasteiger partial charge on any atom is 0.187 e. The molecule has 20 N–H and O–H groups in total. The monoisotopic (exact) mass is 1870 g/mol. The van der Waals surface area contributed by atoms with Crippen molar-refractivity contribution < 1.29 is 197 Å². The van der Waals surface area contributed by atoms with Crippen LogP contribution >= 0.6 is 0 Å². The Hall–Kier alpha value is -5.76. The Labute approximate surface area is 755 Å². The highest BCUT2D eigenvalue weighted by Crippen LogP contribution is 2.49. The third-order valence-electron chi connectivity index (χ3n) is 25.1. The molecule has 35 unspecified atom stereocenters. The zero-order valence-corrected chi connectivity index (χ0v) is 74.0. The van der Waals surface area contributed by atoms with E-state index in [0.29, 0.717) is 74.0 Å². The molecule has 22 heterocycles. The lowest BCUT2D eigenvalue weighted by atomic mass is 9.93. The van der Waals surface area contributed by atoms with E-state index < -0.39 is 261 Å². The number of unbranched alkanes of at least 4 members (excludes halogenated alkanes) is 10. The molecule has 21 aliphatic rings. The summed E-state index contributed by atoms with van der Waals surface area (Å²) in [6.45, 7) is 5.43. The number of aliphatic hydroxyl groups is 20. The molecule has 43 nitrogen and oxygen atoms in total. The van der Waals surface area contributed by atoms with Gasteiger partial charge in [-0.2, -0.15) is 0 Å². The van der Waals surface area contributed by atoms with Crippen LogP contribution in [0.3, 0.4) is 0 Å². The largest absolute Gasteiger partial charge is 0.490 e. The SMILES string of the molecule is CCCCCOc1cc2c3cc(OCCCCC)c(OCCCCC)cc3c3cc(OCc4cn(CC5OC6OC7C(CO)OC(OC8C(CO)OC(OC9C(CO)OC(OC%10C(CO)OC(OC%11C(CO)OC(OC%12C(CO)OC(OC5C(O)C6O)C(O)C%12O)C(O)C%11O)C(O)C%10O)C(O)C9O)C(O)C8O)C(O)C7O)nn4)c(OCCCCC)cc3c2cc1OCCCCC. The number of hydrogen-bond donors (Lipinski definition) is 20. The summed E-state index contributed by atoms with van der Waals surface area (Å²) < 4.78 is 125. The van der Waals surface area contributed by atoms with Crippen molar-refractivity contribution in [3.05, 3.63) is 48.3 Å². The molecule has 0 radical (unpaired) electrons. The second kappa shape index (κ2) is 48.0. The van der Waals surface area contributed by atoms with Crippen molar-refractivity contribution in [2.24, 2.45) is 0 Å². The summed E-state index contributed by atoms with van der Waals surface area (Å²) in [5.41, 5.74) is 0.181. The molecule has 26 rings (SSSR count). The van der Waals surface area contributed by atoms with E-state index in [1.54, 1.807) is 0 Å². The van der Waals surface area contributed by atoms with Crippen molar-refractivity contribution in [2.75, 3.05) is 72.7 Å². The van der Waals surface area contributed by atoms with E-state index in [0.717, 1.165) is 122 Å².